The van der Waals surface area contributed by atoms with Crippen molar-refractivity contribution in [3.05, 3.63) is 54.2 Å². The summed E-state index contributed by atoms with van der Waals surface area (Å²) in [5.41, 5.74) is 0. The van der Waals surface area contributed by atoms with Crippen molar-refractivity contribution in [1.82, 2.24) is 10.6 Å². The van der Waals surface area contributed by atoms with Crippen LogP contribution in [0.15, 0.2) is 47.1 Å². The number of halogens is 1. The van der Waals surface area contributed by atoms with Crippen LogP contribution in [0.5, 0.6) is 5.75 Å². The van der Waals surface area contributed by atoms with Crippen molar-refractivity contribution in [2.45, 2.75) is 6.42 Å². The van der Waals surface area contributed by atoms with Gasteiger partial charge >= 0.3 is 0 Å². The van der Waals surface area contributed by atoms with E-state index in [2.05, 4.69) is 10.6 Å². The highest BCUT2D eigenvalue weighted by Gasteiger charge is 2.07. The molecule has 2 aromatic rings. The molecule has 0 fully saturated rings. The van der Waals surface area contributed by atoms with Gasteiger partial charge in [-0.3, -0.25) is 9.59 Å². The van der Waals surface area contributed by atoms with Gasteiger partial charge < -0.3 is 19.8 Å². The largest absolute Gasteiger partial charge is 0.493 e. The molecule has 7 heteroatoms. The molecular formula is C16H17FN2O4. The van der Waals surface area contributed by atoms with Crippen molar-refractivity contribution in [1.29, 1.82) is 0 Å². The molecule has 0 saturated heterocycles. The number of carbonyl (C=O) groups excluding carboxylic acids is 2. The molecule has 23 heavy (non-hydrogen) atoms. The summed E-state index contributed by atoms with van der Waals surface area (Å²) in [5.74, 6) is -0.135. The first-order chi connectivity index (χ1) is 11.1. The van der Waals surface area contributed by atoms with E-state index in [4.69, 9.17) is 9.15 Å². The molecule has 0 unspecified atom stereocenters. The van der Waals surface area contributed by atoms with Gasteiger partial charge in [0.25, 0.3) is 5.91 Å². The predicted octanol–water partition coefficient (Wildman–Crippen LogP) is 1.73. The molecule has 0 saturated carbocycles. The summed E-state index contributed by atoms with van der Waals surface area (Å²) in [7, 11) is 0. The van der Waals surface area contributed by atoms with Crippen LogP contribution < -0.4 is 15.4 Å². The Kier molecular flexibility index (Phi) is 6.17. The predicted molar refractivity (Wildman–Crippen MR) is 80.6 cm³/mol. The van der Waals surface area contributed by atoms with Gasteiger partial charge in [0.1, 0.15) is 11.6 Å². The molecule has 1 aromatic carbocycles. The fourth-order valence-corrected chi connectivity index (χ4v) is 1.75. The number of nitrogens with one attached hydrogen (secondary N) is 2. The van der Waals surface area contributed by atoms with Gasteiger partial charge in [0.05, 0.1) is 19.3 Å². The van der Waals surface area contributed by atoms with Crippen LogP contribution in [0.4, 0.5) is 4.39 Å². The van der Waals surface area contributed by atoms with Gasteiger partial charge in [-0.25, -0.2) is 4.39 Å². The fraction of sp³-hybridized carbons (Fsp3) is 0.250. The van der Waals surface area contributed by atoms with E-state index in [0.29, 0.717) is 18.8 Å². The third kappa shape index (κ3) is 5.82. The molecule has 0 aliphatic heterocycles. The van der Waals surface area contributed by atoms with Crippen LogP contribution in [-0.4, -0.2) is 31.5 Å². The summed E-state index contributed by atoms with van der Waals surface area (Å²) in [6, 6.07) is 8.75. The second-order valence-corrected chi connectivity index (χ2v) is 4.64. The molecule has 0 radical (unpaired) electrons. The first-order valence-electron chi connectivity index (χ1n) is 7.12. The SMILES string of the molecule is O=C(CCOc1ccc(F)cc1)NCCNC(=O)c1ccco1. The highest BCUT2D eigenvalue weighted by atomic mass is 19.1. The Balaban J connectivity index is 1.55. The normalized spacial score (nSPS) is 10.1. The van der Waals surface area contributed by atoms with E-state index >= 15 is 0 Å². The zero-order valence-corrected chi connectivity index (χ0v) is 12.4. The summed E-state index contributed by atoms with van der Waals surface area (Å²) in [4.78, 5) is 23.1. The van der Waals surface area contributed by atoms with E-state index in [0.717, 1.165) is 0 Å². The Hall–Kier alpha value is -2.83. The Morgan fingerprint density at radius 1 is 1.09 bits per heavy atom. The van der Waals surface area contributed by atoms with Gasteiger partial charge in [-0.15, -0.1) is 0 Å². The van der Waals surface area contributed by atoms with Crippen molar-refractivity contribution in [2.24, 2.45) is 0 Å². The number of rotatable bonds is 8. The van der Waals surface area contributed by atoms with Crippen molar-refractivity contribution in [2.75, 3.05) is 19.7 Å². The summed E-state index contributed by atoms with van der Waals surface area (Å²) < 4.78 is 23.0. The maximum Gasteiger partial charge on any atom is 0.287 e. The van der Waals surface area contributed by atoms with Crippen LogP contribution in [0.1, 0.15) is 17.0 Å². The van der Waals surface area contributed by atoms with Crippen LogP contribution in [0, 0.1) is 5.82 Å². The number of ether oxygens (including phenoxy) is 1. The van der Waals surface area contributed by atoms with Gasteiger partial charge in [-0.2, -0.15) is 0 Å². The molecule has 1 heterocycles. The summed E-state index contributed by atoms with van der Waals surface area (Å²) in [5, 5.41) is 5.27. The maximum atomic E-state index is 12.7. The Morgan fingerprint density at radius 2 is 1.83 bits per heavy atom. The lowest BCUT2D eigenvalue weighted by atomic mass is 10.3. The van der Waals surface area contributed by atoms with E-state index in [1.54, 1.807) is 12.1 Å². The van der Waals surface area contributed by atoms with E-state index in [-0.39, 0.29) is 36.4 Å². The molecule has 0 spiro atoms. The molecule has 2 amide bonds. The van der Waals surface area contributed by atoms with Gasteiger partial charge in [-0.1, -0.05) is 0 Å². The quantitative estimate of drug-likeness (QED) is 0.726. The lowest BCUT2D eigenvalue weighted by Crippen LogP contribution is -2.35. The van der Waals surface area contributed by atoms with Gasteiger partial charge in [0.2, 0.25) is 5.91 Å². The van der Waals surface area contributed by atoms with Crippen LogP contribution in [0.2, 0.25) is 0 Å². The molecule has 6 nitrogen and oxygen atoms in total. The van der Waals surface area contributed by atoms with E-state index in [1.807, 2.05) is 0 Å². The smallest absolute Gasteiger partial charge is 0.287 e. The average Bonchev–Trinajstić information content (AvgIpc) is 3.08. The summed E-state index contributed by atoms with van der Waals surface area (Å²) in [6.07, 6.45) is 1.58. The molecule has 2 rings (SSSR count). The highest BCUT2D eigenvalue weighted by molar-refractivity contribution is 5.91. The maximum absolute atomic E-state index is 12.7. The Labute approximate surface area is 132 Å². The Morgan fingerprint density at radius 3 is 2.52 bits per heavy atom. The molecular weight excluding hydrogens is 303 g/mol. The first-order valence-corrected chi connectivity index (χ1v) is 7.12. The fourth-order valence-electron chi connectivity index (χ4n) is 1.75. The molecule has 2 N–H and O–H groups in total. The minimum Gasteiger partial charge on any atom is -0.493 e. The molecule has 0 aliphatic carbocycles. The Bertz CT molecular complexity index is 626. The topological polar surface area (TPSA) is 80.6 Å². The standard InChI is InChI=1S/C16H17FN2O4/c17-12-3-5-13(6-4-12)22-11-7-15(20)18-8-9-19-16(21)14-2-1-10-23-14/h1-6,10H,7-9,11H2,(H,18,20)(H,19,21). The van der Waals surface area contributed by atoms with Crippen LogP contribution in [0.25, 0.3) is 0 Å². The molecule has 1 aromatic heterocycles. The molecule has 0 aliphatic rings. The van der Waals surface area contributed by atoms with Gasteiger partial charge in [0, 0.05) is 13.1 Å². The van der Waals surface area contributed by atoms with Gasteiger partial charge in [0.15, 0.2) is 5.76 Å². The molecule has 0 bridgehead atoms. The van der Waals surface area contributed by atoms with Crippen molar-refractivity contribution in [3.8, 4) is 5.75 Å². The minimum atomic E-state index is -0.341. The number of carbonyl (C=O) groups is 2. The molecule has 0 atom stereocenters. The monoisotopic (exact) mass is 320 g/mol. The zero-order valence-electron chi connectivity index (χ0n) is 12.4. The van der Waals surface area contributed by atoms with Crippen LogP contribution in [-0.2, 0) is 4.79 Å². The summed E-state index contributed by atoms with van der Waals surface area (Å²) in [6.45, 7) is 0.794. The van der Waals surface area contributed by atoms with E-state index < -0.39 is 0 Å². The second kappa shape index (κ2) is 8.57. The average molecular weight is 320 g/mol. The van der Waals surface area contributed by atoms with Crippen molar-refractivity contribution >= 4 is 11.8 Å². The zero-order chi connectivity index (χ0) is 16.5. The number of furan rings is 1. The third-order valence-corrected chi connectivity index (χ3v) is 2.89. The third-order valence-electron chi connectivity index (χ3n) is 2.89. The molecule has 122 valence electrons. The number of hydrogen-bond donors (Lipinski definition) is 2. The van der Waals surface area contributed by atoms with E-state index in [9.17, 15) is 14.0 Å². The van der Waals surface area contributed by atoms with Crippen molar-refractivity contribution in [3.63, 3.8) is 0 Å². The van der Waals surface area contributed by atoms with Crippen molar-refractivity contribution < 1.29 is 23.1 Å². The number of amides is 2. The number of benzene rings is 1. The highest BCUT2D eigenvalue weighted by Crippen LogP contribution is 2.10. The second-order valence-electron chi connectivity index (χ2n) is 4.64. The lowest BCUT2D eigenvalue weighted by Gasteiger charge is -2.08. The van der Waals surface area contributed by atoms with Gasteiger partial charge in [-0.05, 0) is 36.4 Å². The summed E-state index contributed by atoms with van der Waals surface area (Å²) >= 11 is 0. The minimum absolute atomic E-state index is 0.170. The lowest BCUT2D eigenvalue weighted by molar-refractivity contribution is -0.121. The first kappa shape index (κ1) is 16.5. The van der Waals surface area contributed by atoms with Crippen LogP contribution >= 0.6 is 0 Å². The van der Waals surface area contributed by atoms with E-state index in [1.165, 1.54) is 30.5 Å². The number of hydrogen-bond acceptors (Lipinski definition) is 4. The van der Waals surface area contributed by atoms with Crippen LogP contribution in [0.3, 0.4) is 0 Å².